The maximum absolute atomic E-state index is 13.5. The van der Waals surface area contributed by atoms with E-state index in [1.807, 2.05) is 25.1 Å². The van der Waals surface area contributed by atoms with Gasteiger partial charge in [0.2, 0.25) is 5.91 Å². The number of amides is 1. The monoisotopic (exact) mass is 326 g/mol. The van der Waals surface area contributed by atoms with Crippen LogP contribution in [0, 0.1) is 5.82 Å². The Hall–Kier alpha value is -2.82. The highest BCUT2D eigenvalue weighted by atomic mass is 19.1. The second-order valence-electron chi connectivity index (χ2n) is 5.62. The maximum atomic E-state index is 13.5. The molecule has 24 heavy (non-hydrogen) atoms. The highest BCUT2D eigenvalue weighted by molar-refractivity contribution is 5.92. The van der Waals surface area contributed by atoms with Crippen molar-refractivity contribution in [2.75, 3.05) is 18.5 Å². The molecule has 1 aliphatic rings. The van der Waals surface area contributed by atoms with Crippen molar-refractivity contribution in [1.82, 2.24) is 5.32 Å². The molecule has 1 aliphatic heterocycles. The topological polar surface area (TPSA) is 50.4 Å². The quantitative estimate of drug-likeness (QED) is 0.845. The number of hydrogen-bond donors (Lipinski definition) is 2. The molecule has 0 saturated heterocycles. The molecule has 0 saturated carbocycles. The largest absolute Gasteiger partial charge is 0.490 e. The van der Waals surface area contributed by atoms with Crippen molar-refractivity contribution >= 4 is 17.7 Å². The summed E-state index contributed by atoms with van der Waals surface area (Å²) in [6, 6.07) is 12.0. The molecule has 1 amide bonds. The van der Waals surface area contributed by atoms with Gasteiger partial charge in [0, 0.05) is 18.2 Å². The van der Waals surface area contributed by atoms with Gasteiger partial charge in [-0.2, -0.15) is 0 Å². The highest BCUT2D eigenvalue weighted by Crippen LogP contribution is 2.30. The smallest absolute Gasteiger partial charge is 0.244 e. The van der Waals surface area contributed by atoms with E-state index in [1.165, 1.54) is 18.2 Å². The van der Waals surface area contributed by atoms with Crippen LogP contribution in [0.1, 0.15) is 24.1 Å². The van der Waals surface area contributed by atoms with Gasteiger partial charge in [-0.15, -0.1) is 0 Å². The van der Waals surface area contributed by atoms with Gasteiger partial charge in [0.15, 0.2) is 0 Å². The lowest BCUT2D eigenvalue weighted by molar-refractivity contribution is -0.117. The number of ether oxygens (including phenoxy) is 1. The predicted molar refractivity (Wildman–Crippen MR) is 92.4 cm³/mol. The predicted octanol–water partition coefficient (Wildman–Crippen LogP) is 3.52. The van der Waals surface area contributed by atoms with Crippen molar-refractivity contribution in [3.05, 3.63) is 65.5 Å². The lowest BCUT2D eigenvalue weighted by Gasteiger charge is -2.21. The summed E-state index contributed by atoms with van der Waals surface area (Å²) in [6.07, 6.45) is 2.81. The van der Waals surface area contributed by atoms with Gasteiger partial charge in [-0.05, 0) is 36.8 Å². The van der Waals surface area contributed by atoms with E-state index >= 15 is 0 Å². The van der Waals surface area contributed by atoms with Crippen LogP contribution in [0.3, 0.4) is 0 Å². The Labute approximate surface area is 140 Å². The second kappa shape index (κ2) is 7.17. The van der Waals surface area contributed by atoms with E-state index in [2.05, 4.69) is 10.6 Å². The summed E-state index contributed by atoms with van der Waals surface area (Å²) in [6.45, 7) is 3.32. The minimum Gasteiger partial charge on any atom is -0.490 e. The minimum absolute atomic E-state index is 0.170. The zero-order valence-electron chi connectivity index (χ0n) is 13.4. The summed E-state index contributed by atoms with van der Waals surface area (Å²) < 4.78 is 19.1. The fourth-order valence-corrected chi connectivity index (χ4v) is 2.55. The number of carbonyl (C=O) groups is 1. The van der Waals surface area contributed by atoms with Crippen LogP contribution in [0.15, 0.2) is 48.5 Å². The van der Waals surface area contributed by atoms with Crippen molar-refractivity contribution in [2.24, 2.45) is 0 Å². The van der Waals surface area contributed by atoms with Crippen LogP contribution in [0.25, 0.3) is 6.08 Å². The minimum atomic E-state index is -0.352. The molecule has 2 aromatic rings. The van der Waals surface area contributed by atoms with Crippen LogP contribution in [-0.4, -0.2) is 19.1 Å². The Morgan fingerprint density at radius 1 is 1.33 bits per heavy atom. The Kier molecular flexibility index (Phi) is 4.79. The number of carbonyl (C=O) groups excluding carboxylic acids is 1. The number of benzene rings is 2. The lowest BCUT2D eigenvalue weighted by Crippen LogP contribution is -2.25. The summed E-state index contributed by atoms with van der Waals surface area (Å²) >= 11 is 0. The normalized spacial score (nSPS) is 14.4. The molecule has 0 radical (unpaired) electrons. The molecule has 0 bridgehead atoms. The maximum Gasteiger partial charge on any atom is 0.244 e. The molecular formula is C19H19FN2O2. The van der Waals surface area contributed by atoms with Gasteiger partial charge in [0.05, 0.1) is 11.7 Å². The SMILES string of the molecule is C[C@H](NC(=O)C=Cc1ccccc1F)c1ccc2c(c1)NCCO2. The summed E-state index contributed by atoms with van der Waals surface area (Å²) in [5.74, 6) is 0.200. The molecule has 3 rings (SSSR count). The second-order valence-corrected chi connectivity index (χ2v) is 5.62. The molecule has 0 aromatic heterocycles. The van der Waals surface area contributed by atoms with Gasteiger partial charge in [-0.3, -0.25) is 4.79 Å². The van der Waals surface area contributed by atoms with Crippen molar-refractivity contribution in [3.8, 4) is 5.75 Å². The average molecular weight is 326 g/mol. The van der Waals surface area contributed by atoms with Crippen molar-refractivity contribution in [1.29, 1.82) is 0 Å². The fourth-order valence-electron chi connectivity index (χ4n) is 2.55. The Balaban J connectivity index is 1.65. The van der Waals surface area contributed by atoms with E-state index in [1.54, 1.807) is 18.2 Å². The summed E-state index contributed by atoms with van der Waals surface area (Å²) in [5.41, 5.74) is 2.29. The zero-order valence-corrected chi connectivity index (χ0v) is 13.4. The van der Waals surface area contributed by atoms with Crippen LogP contribution in [0.2, 0.25) is 0 Å². The Morgan fingerprint density at radius 2 is 2.17 bits per heavy atom. The number of hydrogen-bond acceptors (Lipinski definition) is 3. The summed E-state index contributed by atoms with van der Waals surface area (Å²) in [5, 5.41) is 6.15. The summed E-state index contributed by atoms with van der Waals surface area (Å²) in [7, 11) is 0. The van der Waals surface area contributed by atoms with E-state index in [9.17, 15) is 9.18 Å². The molecule has 0 aliphatic carbocycles. The van der Waals surface area contributed by atoms with Gasteiger partial charge < -0.3 is 15.4 Å². The molecule has 0 unspecified atom stereocenters. The van der Waals surface area contributed by atoms with Crippen LogP contribution in [-0.2, 0) is 4.79 Å². The average Bonchev–Trinajstić information content (AvgIpc) is 2.60. The van der Waals surface area contributed by atoms with Crippen molar-refractivity contribution < 1.29 is 13.9 Å². The third-order valence-corrected chi connectivity index (χ3v) is 3.86. The Morgan fingerprint density at radius 3 is 3.00 bits per heavy atom. The zero-order chi connectivity index (χ0) is 16.9. The van der Waals surface area contributed by atoms with Gasteiger partial charge in [0.1, 0.15) is 18.2 Å². The van der Waals surface area contributed by atoms with E-state index in [-0.39, 0.29) is 17.8 Å². The van der Waals surface area contributed by atoms with Crippen molar-refractivity contribution in [2.45, 2.75) is 13.0 Å². The van der Waals surface area contributed by atoms with Crippen molar-refractivity contribution in [3.63, 3.8) is 0 Å². The standard InChI is InChI=1S/C19H19FN2O2/c1-13(15-6-8-18-17(12-15)21-10-11-24-18)22-19(23)9-7-14-4-2-3-5-16(14)20/h2-9,12-13,21H,10-11H2,1H3,(H,22,23)/t13-/m0/s1. The third kappa shape index (κ3) is 3.74. The van der Waals surface area contributed by atoms with Crippen LogP contribution in [0.4, 0.5) is 10.1 Å². The molecule has 0 spiro atoms. The Bertz CT molecular complexity index is 774. The molecule has 2 aromatic carbocycles. The third-order valence-electron chi connectivity index (χ3n) is 3.86. The van der Waals surface area contributed by atoms with Crippen LogP contribution < -0.4 is 15.4 Å². The first-order valence-electron chi connectivity index (χ1n) is 7.87. The van der Waals surface area contributed by atoms with Gasteiger partial charge >= 0.3 is 0 Å². The molecule has 2 N–H and O–H groups in total. The van der Waals surface area contributed by atoms with E-state index < -0.39 is 0 Å². The summed E-state index contributed by atoms with van der Waals surface area (Å²) in [4.78, 5) is 12.0. The van der Waals surface area contributed by atoms with E-state index in [0.29, 0.717) is 12.2 Å². The first-order chi connectivity index (χ1) is 11.6. The number of anilines is 1. The molecule has 0 fully saturated rings. The van der Waals surface area contributed by atoms with Gasteiger partial charge in [0.25, 0.3) is 0 Å². The molecule has 1 heterocycles. The van der Waals surface area contributed by atoms with Crippen LogP contribution in [0.5, 0.6) is 5.75 Å². The highest BCUT2D eigenvalue weighted by Gasteiger charge is 2.13. The molecular weight excluding hydrogens is 307 g/mol. The first-order valence-corrected chi connectivity index (χ1v) is 7.87. The number of rotatable bonds is 4. The van der Waals surface area contributed by atoms with E-state index in [0.717, 1.165) is 23.5 Å². The molecule has 1 atom stereocenters. The number of halogens is 1. The van der Waals surface area contributed by atoms with E-state index in [4.69, 9.17) is 4.74 Å². The number of fused-ring (bicyclic) bond motifs is 1. The number of nitrogens with one attached hydrogen (secondary N) is 2. The van der Waals surface area contributed by atoms with Crippen LogP contribution >= 0.6 is 0 Å². The lowest BCUT2D eigenvalue weighted by atomic mass is 10.1. The fraction of sp³-hybridized carbons (Fsp3) is 0.211. The molecule has 5 heteroatoms. The molecule has 4 nitrogen and oxygen atoms in total. The molecule has 124 valence electrons. The first kappa shape index (κ1) is 16.1. The van der Waals surface area contributed by atoms with Gasteiger partial charge in [-0.1, -0.05) is 24.3 Å². The van der Waals surface area contributed by atoms with Gasteiger partial charge in [-0.25, -0.2) is 4.39 Å².